The minimum Gasteiger partial charge on any atom is -0.354 e. The number of carbonyl (C=O) groups excluding carboxylic acids is 2. The molecule has 2 amide bonds. The first-order valence-corrected chi connectivity index (χ1v) is 6.82. The molecule has 19 heavy (non-hydrogen) atoms. The van der Waals surface area contributed by atoms with Crippen molar-refractivity contribution in [2.24, 2.45) is 0 Å². The highest BCUT2D eigenvalue weighted by molar-refractivity contribution is 7.11. The van der Waals surface area contributed by atoms with Crippen LogP contribution in [0, 0.1) is 13.8 Å². The predicted octanol–water partition coefficient (Wildman–Crippen LogP) is 1.06. The van der Waals surface area contributed by atoms with Gasteiger partial charge >= 0.3 is 0 Å². The summed E-state index contributed by atoms with van der Waals surface area (Å²) in [5, 5.41) is 3.79. The van der Waals surface area contributed by atoms with E-state index in [1.54, 1.807) is 18.4 Å². The largest absolute Gasteiger partial charge is 0.354 e. The molecule has 0 aromatic carbocycles. The number of hydrogen-bond donors (Lipinski definition) is 1. The highest BCUT2D eigenvalue weighted by Crippen LogP contribution is 2.16. The third kappa shape index (κ3) is 4.82. The van der Waals surface area contributed by atoms with Crippen LogP contribution in [0.5, 0.6) is 0 Å². The molecule has 1 aromatic heterocycles. The van der Waals surface area contributed by atoms with E-state index in [2.05, 4.69) is 16.9 Å². The van der Waals surface area contributed by atoms with Gasteiger partial charge in [-0.2, -0.15) is 0 Å². The van der Waals surface area contributed by atoms with Crippen LogP contribution in [-0.4, -0.2) is 41.8 Å². The van der Waals surface area contributed by atoms with Crippen molar-refractivity contribution < 1.29 is 9.59 Å². The average Bonchev–Trinajstić information content (AvgIpc) is 2.67. The Morgan fingerprint density at radius 1 is 1.47 bits per heavy atom. The number of hydrogen-bond acceptors (Lipinski definition) is 4. The SMILES string of the molecule is C=CC(=O)N(C)CC(=O)NCCc1nc(C)c(C)s1. The lowest BCUT2D eigenvalue weighted by molar-refractivity contribution is -0.131. The number of nitrogens with one attached hydrogen (secondary N) is 1. The maximum absolute atomic E-state index is 11.6. The topological polar surface area (TPSA) is 62.3 Å². The van der Waals surface area contributed by atoms with E-state index in [-0.39, 0.29) is 18.4 Å². The Labute approximate surface area is 117 Å². The van der Waals surface area contributed by atoms with Gasteiger partial charge in [0.1, 0.15) is 0 Å². The lowest BCUT2D eigenvalue weighted by Crippen LogP contribution is -2.38. The van der Waals surface area contributed by atoms with Crippen LogP contribution in [-0.2, 0) is 16.0 Å². The molecular weight excluding hydrogens is 262 g/mol. The standard InChI is InChI=1S/C13H19N3O2S/c1-5-13(18)16(4)8-11(17)14-7-6-12-15-9(2)10(3)19-12/h5H,1,6-8H2,2-4H3,(H,14,17). The molecular formula is C13H19N3O2S. The summed E-state index contributed by atoms with van der Waals surface area (Å²) in [5.74, 6) is -0.441. The Morgan fingerprint density at radius 3 is 2.68 bits per heavy atom. The molecule has 0 aliphatic heterocycles. The van der Waals surface area contributed by atoms with E-state index in [9.17, 15) is 9.59 Å². The van der Waals surface area contributed by atoms with Crippen LogP contribution in [0.15, 0.2) is 12.7 Å². The molecule has 0 fully saturated rings. The lowest BCUT2D eigenvalue weighted by atomic mass is 10.4. The summed E-state index contributed by atoms with van der Waals surface area (Å²) in [4.78, 5) is 29.7. The van der Waals surface area contributed by atoms with Gasteiger partial charge in [0, 0.05) is 24.9 Å². The molecule has 6 heteroatoms. The highest BCUT2D eigenvalue weighted by Gasteiger charge is 2.10. The molecule has 1 rings (SSSR count). The van der Waals surface area contributed by atoms with Crippen molar-refractivity contribution in [3.8, 4) is 0 Å². The Morgan fingerprint density at radius 2 is 2.16 bits per heavy atom. The maximum atomic E-state index is 11.6. The van der Waals surface area contributed by atoms with Gasteiger partial charge in [-0.05, 0) is 19.9 Å². The second kappa shape index (κ2) is 7.04. The molecule has 0 saturated carbocycles. The van der Waals surface area contributed by atoms with Crippen molar-refractivity contribution in [3.05, 3.63) is 28.2 Å². The third-order valence-corrected chi connectivity index (χ3v) is 3.80. The molecule has 0 aliphatic rings. The number of carbonyl (C=O) groups is 2. The van der Waals surface area contributed by atoms with E-state index in [1.165, 1.54) is 15.9 Å². The molecule has 0 atom stereocenters. The Kier molecular flexibility index (Phi) is 5.69. The van der Waals surface area contributed by atoms with Gasteiger partial charge in [0.2, 0.25) is 11.8 Å². The number of amides is 2. The van der Waals surface area contributed by atoms with Crippen molar-refractivity contribution in [2.45, 2.75) is 20.3 Å². The first-order chi connectivity index (χ1) is 8.93. The fourth-order valence-electron chi connectivity index (χ4n) is 1.46. The smallest absolute Gasteiger partial charge is 0.246 e. The first-order valence-electron chi connectivity index (χ1n) is 6.01. The van der Waals surface area contributed by atoms with E-state index in [0.717, 1.165) is 10.7 Å². The van der Waals surface area contributed by atoms with Crippen molar-refractivity contribution in [1.29, 1.82) is 0 Å². The van der Waals surface area contributed by atoms with Gasteiger partial charge in [-0.15, -0.1) is 11.3 Å². The number of thiazole rings is 1. The molecule has 1 heterocycles. The molecule has 0 bridgehead atoms. The monoisotopic (exact) mass is 281 g/mol. The van der Waals surface area contributed by atoms with Gasteiger partial charge in [0.25, 0.3) is 0 Å². The fourth-order valence-corrected chi connectivity index (χ4v) is 2.39. The van der Waals surface area contributed by atoms with Crippen LogP contribution in [0.3, 0.4) is 0 Å². The van der Waals surface area contributed by atoms with E-state index < -0.39 is 0 Å². The summed E-state index contributed by atoms with van der Waals surface area (Å²) >= 11 is 1.65. The molecule has 0 spiro atoms. The summed E-state index contributed by atoms with van der Waals surface area (Å²) < 4.78 is 0. The summed E-state index contributed by atoms with van der Waals surface area (Å²) in [6, 6.07) is 0. The minimum atomic E-state index is -0.263. The molecule has 1 aromatic rings. The summed E-state index contributed by atoms with van der Waals surface area (Å²) in [6.07, 6.45) is 1.90. The van der Waals surface area contributed by atoms with Crippen LogP contribution in [0.2, 0.25) is 0 Å². The minimum absolute atomic E-state index is 0.0424. The number of aryl methyl sites for hydroxylation is 2. The number of likely N-dealkylation sites (N-methyl/N-ethyl adjacent to an activating group) is 1. The van der Waals surface area contributed by atoms with Gasteiger partial charge < -0.3 is 10.2 Å². The predicted molar refractivity (Wildman–Crippen MR) is 76.1 cm³/mol. The van der Waals surface area contributed by atoms with Gasteiger partial charge in [0.15, 0.2) is 0 Å². The highest BCUT2D eigenvalue weighted by atomic mass is 32.1. The zero-order valence-corrected chi connectivity index (χ0v) is 12.3. The van der Waals surface area contributed by atoms with E-state index in [1.807, 2.05) is 13.8 Å². The Balaban J connectivity index is 2.31. The molecule has 0 aliphatic carbocycles. The van der Waals surface area contributed by atoms with E-state index in [0.29, 0.717) is 13.0 Å². The van der Waals surface area contributed by atoms with Crippen LogP contribution in [0.25, 0.3) is 0 Å². The van der Waals surface area contributed by atoms with Crippen molar-refractivity contribution in [3.63, 3.8) is 0 Å². The summed E-state index contributed by atoms with van der Waals surface area (Å²) in [6.45, 7) is 7.95. The quantitative estimate of drug-likeness (QED) is 0.793. The van der Waals surface area contributed by atoms with Crippen molar-refractivity contribution in [2.75, 3.05) is 20.1 Å². The van der Waals surface area contributed by atoms with Crippen molar-refractivity contribution in [1.82, 2.24) is 15.2 Å². The normalized spacial score (nSPS) is 10.1. The van der Waals surface area contributed by atoms with Crippen LogP contribution >= 0.6 is 11.3 Å². The Hall–Kier alpha value is -1.69. The second-order valence-corrected chi connectivity index (χ2v) is 5.54. The molecule has 0 radical (unpaired) electrons. The van der Waals surface area contributed by atoms with Gasteiger partial charge in [-0.1, -0.05) is 6.58 Å². The van der Waals surface area contributed by atoms with Gasteiger partial charge in [-0.25, -0.2) is 4.98 Å². The third-order valence-electron chi connectivity index (χ3n) is 2.67. The zero-order valence-electron chi connectivity index (χ0n) is 11.5. The average molecular weight is 281 g/mol. The van der Waals surface area contributed by atoms with Crippen LogP contribution in [0.1, 0.15) is 15.6 Å². The Bertz CT molecular complexity index is 463. The first kappa shape index (κ1) is 15.4. The lowest BCUT2D eigenvalue weighted by Gasteiger charge is -2.14. The molecule has 1 N–H and O–H groups in total. The second-order valence-electron chi connectivity index (χ2n) is 4.25. The van der Waals surface area contributed by atoms with Crippen LogP contribution in [0.4, 0.5) is 0 Å². The molecule has 0 unspecified atom stereocenters. The molecule has 5 nitrogen and oxygen atoms in total. The summed E-state index contributed by atoms with van der Waals surface area (Å²) in [5.41, 5.74) is 1.04. The number of nitrogens with zero attached hydrogens (tertiary/aromatic N) is 2. The fraction of sp³-hybridized carbons (Fsp3) is 0.462. The van der Waals surface area contributed by atoms with Crippen molar-refractivity contribution >= 4 is 23.2 Å². The summed E-state index contributed by atoms with van der Waals surface area (Å²) in [7, 11) is 1.57. The zero-order chi connectivity index (χ0) is 14.4. The van der Waals surface area contributed by atoms with E-state index in [4.69, 9.17) is 0 Å². The molecule has 104 valence electrons. The maximum Gasteiger partial charge on any atom is 0.246 e. The number of aromatic nitrogens is 1. The van der Waals surface area contributed by atoms with Crippen LogP contribution < -0.4 is 5.32 Å². The number of rotatable bonds is 6. The van der Waals surface area contributed by atoms with Gasteiger partial charge in [-0.3, -0.25) is 9.59 Å². The van der Waals surface area contributed by atoms with E-state index >= 15 is 0 Å². The van der Waals surface area contributed by atoms with Gasteiger partial charge in [0.05, 0.1) is 17.2 Å². The molecule has 0 saturated heterocycles.